The first-order valence-electron chi connectivity index (χ1n) is 5.73. The molecule has 1 aromatic carbocycles. The van der Waals surface area contributed by atoms with Gasteiger partial charge in [0.2, 0.25) is 0 Å². The van der Waals surface area contributed by atoms with Gasteiger partial charge in [-0.3, -0.25) is 4.79 Å². The molecular formula is C13H17FN2O. The molecule has 0 saturated carbocycles. The van der Waals surface area contributed by atoms with Crippen molar-refractivity contribution < 1.29 is 9.18 Å². The van der Waals surface area contributed by atoms with Gasteiger partial charge < -0.3 is 10.6 Å². The second-order valence-electron chi connectivity index (χ2n) is 4.95. The quantitative estimate of drug-likeness (QED) is 0.761. The average molecular weight is 236 g/mol. The van der Waals surface area contributed by atoms with E-state index in [1.54, 1.807) is 4.90 Å². The summed E-state index contributed by atoms with van der Waals surface area (Å²) in [6.07, 6.45) is 0. The number of nitrogens with two attached hydrogens (primary N) is 1. The number of nitrogen functional groups attached to an aromatic ring is 1. The minimum atomic E-state index is -0.511. The molecule has 92 valence electrons. The van der Waals surface area contributed by atoms with Crippen LogP contribution >= 0.6 is 0 Å². The zero-order chi connectivity index (χ0) is 13.0. The van der Waals surface area contributed by atoms with E-state index in [0.717, 1.165) is 11.1 Å². The first kappa shape index (κ1) is 11.9. The number of aryl methyl sites for hydroxylation is 1. The summed E-state index contributed by atoms with van der Waals surface area (Å²) >= 11 is 0. The molecule has 0 saturated heterocycles. The third kappa shape index (κ3) is 1.36. The van der Waals surface area contributed by atoms with Gasteiger partial charge in [0, 0.05) is 6.54 Å². The molecule has 0 fully saturated rings. The monoisotopic (exact) mass is 236 g/mol. The van der Waals surface area contributed by atoms with Crippen LogP contribution in [0.2, 0.25) is 0 Å². The van der Waals surface area contributed by atoms with Crippen LogP contribution in [0.5, 0.6) is 0 Å². The molecule has 1 aromatic rings. The van der Waals surface area contributed by atoms with E-state index in [1.807, 2.05) is 27.7 Å². The van der Waals surface area contributed by atoms with Gasteiger partial charge in [0.15, 0.2) is 0 Å². The lowest BCUT2D eigenvalue weighted by molar-refractivity contribution is 0.0635. The SMILES string of the molecule is CCN1C(=O)c2c(N)c(F)cc(C)c2C1(C)C. The second-order valence-corrected chi connectivity index (χ2v) is 4.95. The molecule has 1 aliphatic rings. The van der Waals surface area contributed by atoms with Crippen molar-refractivity contribution in [2.45, 2.75) is 33.2 Å². The molecule has 0 aliphatic carbocycles. The van der Waals surface area contributed by atoms with Crippen LogP contribution in [0, 0.1) is 12.7 Å². The molecule has 2 rings (SSSR count). The number of nitrogens with zero attached hydrogens (tertiary/aromatic N) is 1. The Morgan fingerprint density at radius 3 is 2.59 bits per heavy atom. The Labute approximate surface area is 100 Å². The number of carbonyl (C=O) groups is 1. The fourth-order valence-electron chi connectivity index (χ4n) is 2.86. The number of carbonyl (C=O) groups excluding carboxylic acids is 1. The number of amides is 1. The van der Waals surface area contributed by atoms with Gasteiger partial charge in [-0.1, -0.05) is 0 Å². The van der Waals surface area contributed by atoms with Gasteiger partial charge >= 0.3 is 0 Å². The van der Waals surface area contributed by atoms with Crippen molar-refractivity contribution in [3.63, 3.8) is 0 Å². The maximum Gasteiger partial charge on any atom is 0.257 e. The molecule has 1 aliphatic heterocycles. The van der Waals surface area contributed by atoms with Crippen molar-refractivity contribution in [1.29, 1.82) is 0 Å². The first-order valence-corrected chi connectivity index (χ1v) is 5.73. The van der Waals surface area contributed by atoms with E-state index in [-0.39, 0.29) is 11.6 Å². The maximum atomic E-state index is 13.6. The molecule has 0 atom stereocenters. The fraction of sp³-hybridized carbons (Fsp3) is 0.462. The smallest absolute Gasteiger partial charge is 0.257 e. The van der Waals surface area contributed by atoms with E-state index in [1.165, 1.54) is 6.07 Å². The topological polar surface area (TPSA) is 46.3 Å². The van der Waals surface area contributed by atoms with Crippen LogP contribution < -0.4 is 5.73 Å². The van der Waals surface area contributed by atoms with Gasteiger partial charge in [0.1, 0.15) is 5.82 Å². The largest absolute Gasteiger partial charge is 0.396 e. The van der Waals surface area contributed by atoms with E-state index in [9.17, 15) is 9.18 Å². The summed E-state index contributed by atoms with van der Waals surface area (Å²) in [4.78, 5) is 14.0. The molecule has 1 amide bonds. The van der Waals surface area contributed by atoms with Crippen molar-refractivity contribution in [3.8, 4) is 0 Å². The summed E-state index contributed by atoms with van der Waals surface area (Å²) in [5, 5.41) is 0. The Morgan fingerprint density at radius 2 is 2.06 bits per heavy atom. The van der Waals surface area contributed by atoms with Crippen LogP contribution in [0.4, 0.5) is 10.1 Å². The minimum absolute atomic E-state index is 0.0281. The highest BCUT2D eigenvalue weighted by Crippen LogP contribution is 2.43. The number of benzene rings is 1. The van der Waals surface area contributed by atoms with Crippen molar-refractivity contribution in [3.05, 3.63) is 28.6 Å². The molecule has 3 nitrogen and oxygen atoms in total. The highest BCUT2D eigenvalue weighted by Gasteiger charge is 2.44. The molecule has 17 heavy (non-hydrogen) atoms. The first-order chi connectivity index (χ1) is 7.82. The number of anilines is 1. The third-order valence-electron chi connectivity index (χ3n) is 3.58. The van der Waals surface area contributed by atoms with Crippen LogP contribution in [-0.2, 0) is 5.54 Å². The van der Waals surface area contributed by atoms with E-state index < -0.39 is 11.4 Å². The van der Waals surface area contributed by atoms with Crippen LogP contribution in [0.3, 0.4) is 0 Å². The predicted octanol–water partition coefficient (Wildman–Crippen LogP) is 2.43. The number of rotatable bonds is 1. The molecule has 0 unspecified atom stereocenters. The van der Waals surface area contributed by atoms with Crippen molar-refractivity contribution >= 4 is 11.6 Å². The highest BCUT2D eigenvalue weighted by atomic mass is 19.1. The number of hydrogen-bond acceptors (Lipinski definition) is 2. The van der Waals surface area contributed by atoms with Gasteiger partial charge in [0.05, 0.1) is 16.8 Å². The predicted molar refractivity (Wildman–Crippen MR) is 65.3 cm³/mol. The summed E-state index contributed by atoms with van der Waals surface area (Å²) in [5.74, 6) is -0.684. The van der Waals surface area contributed by atoms with Gasteiger partial charge in [-0.2, -0.15) is 0 Å². The fourth-order valence-corrected chi connectivity index (χ4v) is 2.86. The van der Waals surface area contributed by atoms with Gasteiger partial charge in [-0.15, -0.1) is 0 Å². The summed E-state index contributed by atoms with van der Waals surface area (Å²) in [5.41, 5.74) is 7.23. The molecule has 0 bridgehead atoms. The summed E-state index contributed by atoms with van der Waals surface area (Å²) in [6, 6.07) is 1.41. The molecule has 1 heterocycles. The number of hydrogen-bond donors (Lipinski definition) is 1. The second kappa shape index (κ2) is 3.45. The van der Waals surface area contributed by atoms with E-state index in [0.29, 0.717) is 12.1 Å². The van der Waals surface area contributed by atoms with Gasteiger partial charge in [-0.05, 0) is 44.9 Å². The standard InChI is InChI=1S/C13H17FN2O/c1-5-16-12(17)9-10(13(16,3)4)7(2)6-8(14)11(9)15/h6H,5,15H2,1-4H3. The van der Waals surface area contributed by atoms with Crippen LogP contribution in [0.15, 0.2) is 6.07 Å². The molecule has 0 spiro atoms. The normalized spacial score (nSPS) is 17.5. The van der Waals surface area contributed by atoms with E-state index in [4.69, 9.17) is 5.73 Å². The molecule has 2 N–H and O–H groups in total. The third-order valence-corrected chi connectivity index (χ3v) is 3.58. The van der Waals surface area contributed by atoms with Crippen LogP contribution in [0.1, 0.15) is 42.3 Å². The lowest BCUT2D eigenvalue weighted by atomic mass is 9.89. The maximum absolute atomic E-state index is 13.6. The Balaban J connectivity index is 2.81. The lowest BCUT2D eigenvalue weighted by Crippen LogP contribution is -2.39. The number of halogens is 1. The Morgan fingerprint density at radius 1 is 1.47 bits per heavy atom. The molecule has 4 heteroatoms. The van der Waals surface area contributed by atoms with Crippen molar-refractivity contribution in [2.75, 3.05) is 12.3 Å². The van der Waals surface area contributed by atoms with Gasteiger partial charge in [-0.25, -0.2) is 4.39 Å². The molecule has 0 radical (unpaired) electrons. The Hall–Kier alpha value is -1.58. The van der Waals surface area contributed by atoms with Crippen molar-refractivity contribution in [2.24, 2.45) is 0 Å². The van der Waals surface area contributed by atoms with Crippen LogP contribution in [0.25, 0.3) is 0 Å². The Kier molecular flexibility index (Phi) is 2.42. The van der Waals surface area contributed by atoms with Crippen molar-refractivity contribution in [1.82, 2.24) is 4.90 Å². The summed E-state index contributed by atoms with van der Waals surface area (Å²) in [6.45, 7) is 8.24. The zero-order valence-electron chi connectivity index (χ0n) is 10.6. The van der Waals surface area contributed by atoms with E-state index >= 15 is 0 Å². The minimum Gasteiger partial charge on any atom is -0.396 e. The van der Waals surface area contributed by atoms with E-state index in [2.05, 4.69) is 0 Å². The zero-order valence-corrected chi connectivity index (χ0v) is 10.6. The van der Waals surface area contributed by atoms with Crippen LogP contribution in [-0.4, -0.2) is 17.4 Å². The summed E-state index contributed by atoms with van der Waals surface area (Å²) in [7, 11) is 0. The lowest BCUT2D eigenvalue weighted by Gasteiger charge is -2.32. The number of fused-ring (bicyclic) bond motifs is 1. The molecular weight excluding hydrogens is 219 g/mol. The highest BCUT2D eigenvalue weighted by molar-refractivity contribution is 6.05. The Bertz CT molecular complexity index is 509. The van der Waals surface area contributed by atoms with Gasteiger partial charge in [0.25, 0.3) is 5.91 Å². The summed E-state index contributed by atoms with van der Waals surface area (Å²) < 4.78 is 13.6. The average Bonchev–Trinajstić information content (AvgIpc) is 2.42. The molecule has 0 aromatic heterocycles.